The highest BCUT2D eigenvalue weighted by Crippen LogP contribution is 2.30. The molecule has 2 aromatic heterocycles. The monoisotopic (exact) mass is 446 g/mol. The van der Waals surface area contributed by atoms with Crippen LogP contribution in [0.2, 0.25) is 5.02 Å². The van der Waals surface area contributed by atoms with E-state index < -0.39 is 11.9 Å². The van der Waals surface area contributed by atoms with Gasteiger partial charge in [0.1, 0.15) is 22.9 Å². The van der Waals surface area contributed by atoms with Crippen LogP contribution in [0.3, 0.4) is 0 Å². The maximum absolute atomic E-state index is 14.8. The summed E-state index contributed by atoms with van der Waals surface area (Å²) in [4.78, 5) is 40.1. The van der Waals surface area contributed by atoms with E-state index in [2.05, 4.69) is 20.3 Å². The number of anilines is 1. The van der Waals surface area contributed by atoms with Crippen molar-refractivity contribution in [1.29, 1.82) is 0 Å². The van der Waals surface area contributed by atoms with E-state index in [9.17, 15) is 14.0 Å². The minimum atomic E-state index is -0.715. The number of fused-ring (bicyclic) bond motifs is 1. The normalized spacial score (nSPS) is 16.5. The van der Waals surface area contributed by atoms with Gasteiger partial charge in [0.15, 0.2) is 11.6 Å². The lowest BCUT2D eigenvalue weighted by Gasteiger charge is -2.32. The summed E-state index contributed by atoms with van der Waals surface area (Å²) in [6, 6.07) is 4.21. The van der Waals surface area contributed by atoms with Crippen LogP contribution in [-0.4, -0.2) is 58.3 Å². The molecule has 0 spiro atoms. The topological polar surface area (TPSA) is 102 Å². The highest BCUT2D eigenvalue weighted by Gasteiger charge is 2.29. The van der Waals surface area contributed by atoms with Crippen LogP contribution >= 0.6 is 11.6 Å². The van der Waals surface area contributed by atoms with Gasteiger partial charge in [-0.1, -0.05) is 11.6 Å². The smallest absolute Gasteiger partial charge is 0.279 e. The summed E-state index contributed by atoms with van der Waals surface area (Å²) in [6.07, 6.45) is -0.715. The maximum atomic E-state index is 14.8. The lowest BCUT2D eigenvalue weighted by molar-refractivity contribution is -0.132. The Morgan fingerprint density at radius 1 is 1.29 bits per heavy atom. The highest BCUT2D eigenvalue weighted by atomic mass is 35.5. The fourth-order valence-electron chi connectivity index (χ4n) is 3.40. The molecule has 1 aliphatic heterocycles. The number of carbonyl (C=O) groups is 1. The largest absolute Gasteiger partial charge is 0.365 e. The van der Waals surface area contributed by atoms with Crippen molar-refractivity contribution in [2.45, 2.75) is 13.0 Å². The standard InChI is InChI=1S/C20H20ClFN6O3/c1-10-24-16-15(12-5-4-11(21)8-13(12)22)25-20(26-17(16)19(30)27(10)3)28-6-7-31-14(9-28)18(29)23-2/h4-5,8,14H,6-7,9H2,1-3H3,(H,23,29). The molecule has 31 heavy (non-hydrogen) atoms. The number of likely N-dealkylation sites (N-methyl/N-ethyl adjacent to an activating group) is 1. The lowest BCUT2D eigenvalue weighted by atomic mass is 10.1. The molecule has 0 saturated carbocycles. The third-order valence-electron chi connectivity index (χ3n) is 5.21. The number of nitrogens with zero attached hydrogens (tertiary/aromatic N) is 5. The number of nitrogens with one attached hydrogen (secondary N) is 1. The molecule has 0 bridgehead atoms. The van der Waals surface area contributed by atoms with Gasteiger partial charge < -0.3 is 15.0 Å². The predicted octanol–water partition coefficient (Wildman–Crippen LogP) is 1.44. The lowest BCUT2D eigenvalue weighted by Crippen LogP contribution is -2.49. The van der Waals surface area contributed by atoms with E-state index in [-0.39, 0.29) is 57.9 Å². The summed E-state index contributed by atoms with van der Waals surface area (Å²) in [5.41, 5.74) is 0.206. The molecule has 1 unspecified atom stereocenters. The van der Waals surface area contributed by atoms with Crippen LogP contribution in [0.25, 0.3) is 22.3 Å². The number of carbonyl (C=O) groups excluding carboxylic acids is 1. The van der Waals surface area contributed by atoms with Crippen molar-refractivity contribution in [2.75, 3.05) is 31.6 Å². The summed E-state index contributed by atoms with van der Waals surface area (Å²) in [6.45, 7) is 2.54. The summed E-state index contributed by atoms with van der Waals surface area (Å²) >= 11 is 5.90. The van der Waals surface area contributed by atoms with Crippen LogP contribution in [0.5, 0.6) is 0 Å². The van der Waals surface area contributed by atoms with Gasteiger partial charge in [-0.05, 0) is 25.1 Å². The van der Waals surface area contributed by atoms with Crippen LogP contribution < -0.4 is 15.8 Å². The molecule has 0 aliphatic carbocycles. The second kappa shape index (κ2) is 8.20. The molecule has 1 fully saturated rings. The van der Waals surface area contributed by atoms with Gasteiger partial charge in [-0.2, -0.15) is 0 Å². The zero-order valence-electron chi connectivity index (χ0n) is 17.1. The average molecular weight is 447 g/mol. The van der Waals surface area contributed by atoms with Crippen LogP contribution in [-0.2, 0) is 16.6 Å². The Hall–Kier alpha value is -3.11. The van der Waals surface area contributed by atoms with Gasteiger partial charge in [0.05, 0.1) is 13.2 Å². The van der Waals surface area contributed by atoms with E-state index in [1.165, 1.54) is 29.8 Å². The third kappa shape index (κ3) is 3.84. The number of halogens is 2. The van der Waals surface area contributed by atoms with Gasteiger partial charge in [0.25, 0.3) is 11.5 Å². The van der Waals surface area contributed by atoms with E-state index in [4.69, 9.17) is 16.3 Å². The van der Waals surface area contributed by atoms with Crippen LogP contribution in [0.1, 0.15) is 5.82 Å². The number of aryl methyl sites for hydroxylation is 1. The number of ether oxygens (including phenoxy) is 1. The molecule has 9 nitrogen and oxygen atoms in total. The number of hydrogen-bond donors (Lipinski definition) is 1. The van der Waals surface area contributed by atoms with E-state index in [1.54, 1.807) is 18.9 Å². The van der Waals surface area contributed by atoms with Crippen molar-refractivity contribution < 1.29 is 13.9 Å². The van der Waals surface area contributed by atoms with Gasteiger partial charge in [0, 0.05) is 31.2 Å². The third-order valence-corrected chi connectivity index (χ3v) is 5.45. The van der Waals surface area contributed by atoms with Crippen molar-refractivity contribution >= 4 is 34.5 Å². The quantitative estimate of drug-likeness (QED) is 0.649. The Morgan fingerprint density at radius 3 is 2.77 bits per heavy atom. The Morgan fingerprint density at radius 2 is 2.06 bits per heavy atom. The summed E-state index contributed by atoms with van der Waals surface area (Å²) < 4.78 is 21.7. The molecule has 4 rings (SSSR count). The van der Waals surface area contributed by atoms with Crippen molar-refractivity contribution in [3.05, 3.63) is 45.2 Å². The predicted molar refractivity (Wildman–Crippen MR) is 114 cm³/mol. The molecule has 1 aliphatic rings. The first kappa shape index (κ1) is 21.1. The van der Waals surface area contributed by atoms with E-state index in [1.807, 2.05) is 0 Å². The number of benzene rings is 1. The molecule has 1 aromatic carbocycles. The van der Waals surface area contributed by atoms with E-state index >= 15 is 0 Å². The minimum Gasteiger partial charge on any atom is -0.365 e. The first-order chi connectivity index (χ1) is 14.8. The van der Waals surface area contributed by atoms with Crippen LogP contribution in [0, 0.1) is 12.7 Å². The summed E-state index contributed by atoms with van der Waals surface area (Å²) in [5, 5.41) is 2.79. The maximum Gasteiger partial charge on any atom is 0.279 e. The SMILES string of the molecule is CNC(=O)C1CN(c2nc(-c3ccc(Cl)cc3F)c3nc(C)n(C)c(=O)c3n2)CCO1. The fourth-order valence-corrected chi connectivity index (χ4v) is 3.56. The zero-order chi connectivity index (χ0) is 22.3. The van der Waals surface area contributed by atoms with Crippen LogP contribution in [0.15, 0.2) is 23.0 Å². The number of aromatic nitrogens is 4. The van der Waals surface area contributed by atoms with Gasteiger partial charge in [-0.25, -0.2) is 19.3 Å². The molecule has 0 radical (unpaired) electrons. The molecule has 3 heterocycles. The molecule has 1 atom stereocenters. The van der Waals surface area contributed by atoms with E-state index in [0.717, 1.165) is 0 Å². The van der Waals surface area contributed by atoms with Crippen molar-refractivity contribution in [1.82, 2.24) is 24.8 Å². The van der Waals surface area contributed by atoms with Crippen molar-refractivity contribution in [3.63, 3.8) is 0 Å². The first-order valence-electron chi connectivity index (χ1n) is 9.59. The second-order valence-corrected chi connectivity index (χ2v) is 7.57. The fraction of sp³-hybridized carbons (Fsp3) is 0.350. The van der Waals surface area contributed by atoms with Gasteiger partial charge in [-0.15, -0.1) is 0 Å². The van der Waals surface area contributed by atoms with Gasteiger partial charge in [0.2, 0.25) is 5.95 Å². The average Bonchev–Trinajstić information content (AvgIpc) is 2.77. The Bertz CT molecular complexity index is 1250. The van der Waals surface area contributed by atoms with Gasteiger partial charge >= 0.3 is 0 Å². The highest BCUT2D eigenvalue weighted by molar-refractivity contribution is 6.30. The van der Waals surface area contributed by atoms with E-state index in [0.29, 0.717) is 12.4 Å². The summed E-state index contributed by atoms with van der Waals surface area (Å²) in [5.74, 6) is -0.237. The Balaban J connectivity index is 1.93. The molecule has 1 N–H and O–H groups in total. The molecule has 1 saturated heterocycles. The Kier molecular flexibility index (Phi) is 5.59. The molecular weight excluding hydrogens is 427 g/mol. The molecular formula is C20H20ClFN6O3. The zero-order valence-corrected chi connectivity index (χ0v) is 17.9. The Labute approximate surface area is 181 Å². The summed E-state index contributed by atoms with van der Waals surface area (Å²) in [7, 11) is 3.11. The molecule has 11 heteroatoms. The van der Waals surface area contributed by atoms with Gasteiger partial charge in [-0.3, -0.25) is 14.2 Å². The number of rotatable bonds is 3. The minimum absolute atomic E-state index is 0.0606. The number of hydrogen-bond acceptors (Lipinski definition) is 7. The van der Waals surface area contributed by atoms with Crippen LogP contribution in [0.4, 0.5) is 10.3 Å². The molecule has 3 aromatic rings. The van der Waals surface area contributed by atoms with Crippen molar-refractivity contribution in [3.8, 4) is 11.3 Å². The number of morpholine rings is 1. The number of amides is 1. The van der Waals surface area contributed by atoms with Crippen molar-refractivity contribution in [2.24, 2.45) is 7.05 Å². The molecule has 1 amide bonds. The second-order valence-electron chi connectivity index (χ2n) is 7.14. The first-order valence-corrected chi connectivity index (χ1v) is 9.97. The molecule has 162 valence electrons.